The summed E-state index contributed by atoms with van der Waals surface area (Å²) in [5, 5.41) is 24.2. The van der Waals surface area contributed by atoms with E-state index in [0.29, 0.717) is 0 Å². The zero-order chi connectivity index (χ0) is 12.8. The van der Waals surface area contributed by atoms with Gasteiger partial charge < -0.3 is 15.5 Å². The van der Waals surface area contributed by atoms with Gasteiger partial charge in [0.15, 0.2) is 5.69 Å². The predicted octanol–water partition coefficient (Wildman–Crippen LogP) is -0.414. The molecule has 8 nitrogen and oxygen atoms in total. The number of aromatic nitrogens is 2. The van der Waals surface area contributed by atoms with E-state index in [2.05, 4.69) is 14.9 Å². The number of amides is 1. The lowest BCUT2D eigenvalue weighted by atomic mass is 10.1. The van der Waals surface area contributed by atoms with E-state index in [1.807, 2.05) is 0 Å². The van der Waals surface area contributed by atoms with Gasteiger partial charge in [-0.2, -0.15) is 0 Å². The number of carbonyl (C=O) groups excluding carboxylic acids is 1. The molecule has 1 aromatic rings. The average molecular weight is 259 g/mol. The molecular weight excluding hydrogens is 250 g/mol. The maximum atomic E-state index is 11.4. The third-order valence-electron chi connectivity index (χ3n) is 1.84. The zero-order valence-corrected chi connectivity index (χ0v) is 9.31. The predicted molar refractivity (Wildman–Crippen MR) is 55.7 cm³/mol. The summed E-state index contributed by atoms with van der Waals surface area (Å²) in [5.74, 6) is -3.10. The summed E-state index contributed by atoms with van der Waals surface area (Å²) in [7, 11) is 0. The molecule has 0 aliphatic heterocycles. The fraction of sp³-hybridized carbons (Fsp3) is 0.375. The Morgan fingerprint density at radius 2 is 2.12 bits per heavy atom. The van der Waals surface area contributed by atoms with Crippen molar-refractivity contribution in [2.75, 3.05) is 0 Å². The lowest BCUT2D eigenvalue weighted by Gasteiger charge is -2.11. The summed E-state index contributed by atoms with van der Waals surface area (Å²) in [6, 6.07) is -1.25. The molecule has 0 spiro atoms. The molecule has 0 aliphatic rings. The van der Waals surface area contributed by atoms with E-state index in [-0.39, 0.29) is 18.5 Å². The van der Waals surface area contributed by atoms with Gasteiger partial charge in [0.05, 0.1) is 0 Å². The first kappa shape index (κ1) is 13.0. The van der Waals surface area contributed by atoms with Crippen molar-refractivity contribution in [2.24, 2.45) is 0 Å². The number of carbonyl (C=O) groups is 3. The van der Waals surface area contributed by atoms with E-state index >= 15 is 0 Å². The minimum atomic E-state index is -1.29. The van der Waals surface area contributed by atoms with Gasteiger partial charge in [-0.05, 0) is 18.0 Å². The van der Waals surface area contributed by atoms with Crippen molar-refractivity contribution in [2.45, 2.75) is 18.9 Å². The molecule has 0 aromatic carbocycles. The van der Waals surface area contributed by atoms with Crippen molar-refractivity contribution >= 4 is 29.4 Å². The first-order chi connectivity index (χ1) is 8.00. The molecule has 0 fully saturated rings. The quantitative estimate of drug-likeness (QED) is 0.632. The van der Waals surface area contributed by atoms with Crippen LogP contribution < -0.4 is 5.32 Å². The molecular formula is C8H9N3O5S. The largest absolute Gasteiger partial charge is 0.481 e. The summed E-state index contributed by atoms with van der Waals surface area (Å²) in [6.07, 6.45) is -0.527. The minimum absolute atomic E-state index is 0.0107. The van der Waals surface area contributed by atoms with Gasteiger partial charge in [0.1, 0.15) is 6.04 Å². The van der Waals surface area contributed by atoms with Crippen LogP contribution in [0.4, 0.5) is 0 Å². The molecule has 1 atom stereocenters. The number of aliphatic carboxylic acids is 2. The summed E-state index contributed by atoms with van der Waals surface area (Å²) >= 11 is 0.958. The molecule has 0 aliphatic carbocycles. The van der Waals surface area contributed by atoms with Crippen molar-refractivity contribution in [3.63, 3.8) is 0 Å². The molecule has 9 heteroatoms. The Balaban J connectivity index is 2.58. The number of hydrogen-bond acceptors (Lipinski definition) is 6. The SMILES string of the molecule is O=C(O)CC[C@H](NC(=O)c1csnn1)C(=O)O. The summed E-state index contributed by atoms with van der Waals surface area (Å²) in [4.78, 5) is 32.5. The fourth-order valence-electron chi connectivity index (χ4n) is 1.02. The van der Waals surface area contributed by atoms with Gasteiger partial charge in [-0.3, -0.25) is 9.59 Å². The van der Waals surface area contributed by atoms with Crippen molar-refractivity contribution in [1.82, 2.24) is 14.9 Å². The Bertz CT molecular complexity index is 419. The number of carboxylic acids is 2. The minimum Gasteiger partial charge on any atom is -0.481 e. The van der Waals surface area contributed by atoms with E-state index in [1.54, 1.807) is 0 Å². The molecule has 0 unspecified atom stereocenters. The van der Waals surface area contributed by atoms with Crippen LogP contribution in [0.3, 0.4) is 0 Å². The number of carboxylic acid groups (broad SMARTS) is 2. The fourth-order valence-corrected chi connectivity index (χ4v) is 1.46. The lowest BCUT2D eigenvalue weighted by Crippen LogP contribution is -2.41. The van der Waals surface area contributed by atoms with Crippen molar-refractivity contribution in [3.05, 3.63) is 11.1 Å². The summed E-state index contributed by atoms with van der Waals surface area (Å²) in [6.45, 7) is 0. The maximum absolute atomic E-state index is 11.4. The molecule has 0 saturated carbocycles. The third-order valence-corrected chi connectivity index (χ3v) is 2.35. The first-order valence-electron chi connectivity index (χ1n) is 4.53. The van der Waals surface area contributed by atoms with E-state index in [9.17, 15) is 14.4 Å². The number of nitrogens with one attached hydrogen (secondary N) is 1. The highest BCUT2D eigenvalue weighted by Crippen LogP contribution is 2.02. The van der Waals surface area contributed by atoms with Crippen molar-refractivity contribution in [1.29, 1.82) is 0 Å². The van der Waals surface area contributed by atoms with Gasteiger partial charge >= 0.3 is 11.9 Å². The Kier molecular flexibility index (Phi) is 4.52. The number of hydrogen-bond donors (Lipinski definition) is 3. The Morgan fingerprint density at radius 1 is 1.41 bits per heavy atom. The second-order valence-electron chi connectivity index (χ2n) is 3.09. The molecule has 0 bridgehead atoms. The second kappa shape index (κ2) is 5.89. The van der Waals surface area contributed by atoms with E-state index in [0.717, 1.165) is 11.5 Å². The molecule has 1 heterocycles. The molecule has 1 amide bonds. The van der Waals surface area contributed by atoms with Gasteiger partial charge in [0, 0.05) is 11.8 Å². The molecule has 0 saturated heterocycles. The Morgan fingerprint density at radius 3 is 2.59 bits per heavy atom. The van der Waals surface area contributed by atoms with E-state index in [1.165, 1.54) is 5.38 Å². The van der Waals surface area contributed by atoms with Gasteiger partial charge in [-0.1, -0.05) is 4.49 Å². The monoisotopic (exact) mass is 259 g/mol. The first-order valence-corrected chi connectivity index (χ1v) is 5.37. The lowest BCUT2D eigenvalue weighted by molar-refractivity contribution is -0.140. The normalized spacial score (nSPS) is 11.8. The molecule has 1 rings (SSSR count). The molecule has 3 N–H and O–H groups in total. The van der Waals surface area contributed by atoms with Gasteiger partial charge in [-0.25, -0.2) is 4.79 Å². The van der Waals surface area contributed by atoms with E-state index in [4.69, 9.17) is 10.2 Å². The van der Waals surface area contributed by atoms with Crippen molar-refractivity contribution < 1.29 is 24.6 Å². The van der Waals surface area contributed by atoms with Crippen LogP contribution in [0.1, 0.15) is 23.3 Å². The van der Waals surface area contributed by atoms with Crippen LogP contribution in [-0.4, -0.2) is 43.7 Å². The van der Waals surface area contributed by atoms with Gasteiger partial charge in [-0.15, -0.1) is 5.10 Å². The zero-order valence-electron chi connectivity index (χ0n) is 8.49. The van der Waals surface area contributed by atoms with Crippen LogP contribution in [-0.2, 0) is 9.59 Å². The number of rotatable bonds is 6. The third kappa shape index (κ3) is 4.15. The topological polar surface area (TPSA) is 129 Å². The molecule has 0 radical (unpaired) electrons. The second-order valence-corrected chi connectivity index (χ2v) is 3.70. The summed E-state index contributed by atoms with van der Waals surface area (Å²) < 4.78 is 3.46. The maximum Gasteiger partial charge on any atom is 0.326 e. The molecule has 92 valence electrons. The van der Waals surface area contributed by atoms with Crippen LogP contribution in [0.25, 0.3) is 0 Å². The van der Waals surface area contributed by atoms with Crippen LogP contribution in [0.2, 0.25) is 0 Å². The Labute approximate surface area is 99.4 Å². The highest BCUT2D eigenvalue weighted by Gasteiger charge is 2.22. The summed E-state index contributed by atoms with van der Waals surface area (Å²) in [5.41, 5.74) is 0.0107. The van der Waals surface area contributed by atoms with Gasteiger partial charge in [0.2, 0.25) is 0 Å². The van der Waals surface area contributed by atoms with Crippen LogP contribution in [0, 0.1) is 0 Å². The van der Waals surface area contributed by atoms with Crippen LogP contribution in [0.5, 0.6) is 0 Å². The molecule has 17 heavy (non-hydrogen) atoms. The van der Waals surface area contributed by atoms with Crippen molar-refractivity contribution in [3.8, 4) is 0 Å². The van der Waals surface area contributed by atoms with Gasteiger partial charge in [0.25, 0.3) is 5.91 Å². The van der Waals surface area contributed by atoms with Crippen LogP contribution in [0.15, 0.2) is 5.38 Å². The standard InChI is InChI=1S/C8H9N3O5S/c12-6(13)2-1-4(8(15)16)9-7(14)5-3-17-11-10-5/h3-4H,1-2H2,(H,9,14)(H,12,13)(H,15,16)/t4-/m0/s1. The van der Waals surface area contributed by atoms with Crippen LogP contribution >= 0.6 is 11.5 Å². The average Bonchev–Trinajstić information content (AvgIpc) is 2.76. The van der Waals surface area contributed by atoms with E-state index < -0.39 is 23.9 Å². The highest BCUT2D eigenvalue weighted by atomic mass is 32.1. The number of nitrogens with zero attached hydrogens (tertiary/aromatic N) is 2. The molecule has 1 aromatic heterocycles. The Hall–Kier alpha value is -2.03. The smallest absolute Gasteiger partial charge is 0.326 e. The highest BCUT2D eigenvalue weighted by molar-refractivity contribution is 7.03.